The summed E-state index contributed by atoms with van der Waals surface area (Å²) in [5, 5.41) is 17.2. The second kappa shape index (κ2) is 13.8. The van der Waals surface area contributed by atoms with E-state index in [4.69, 9.17) is 16.6 Å². The predicted octanol–water partition coefficient (Wildman–Crippen LogP) is -1.30. The molecule has 0 aliphatic heterocycles. The van der Waals surface area contributed by atoms with Crippen LogP contribution in [0.4, 0.5) is 0 Å². The van der Waals surface area contributed by atoms with E-state index in [0.29, 0.717) is 0 Å². The Kier molecular flexibility index (Phi) is 11.1. The molecule has 2 rings (SSSR count). The van der Waals surface area contributed by atoms with Crippen LogP contribution in [0.3, 0.4) is 0 Å². The summed E-state index contributed by atoms with van der Waals surface area (Å²) < 4.78 is 0. The van der Waals surface area contributed by atoms with Gasteiger partial charge in [0.25, 0.3) is 0 Å². The van der Waals surface area contributed by atoms with E-state index in [9.17, 15) is 24.0 Å². The van der Waals surface area contributed by atoms with Crippen LogP contribution in [-0.4, -0.2) is 75.4 Å². The number of aliphatic carboxylic acids is 1. The number of carbonyl (C=O) groups excluding carboxylic acids is 4. The topological polar surface area (TPSA) is 209 Å². The quantitative estimate of drug-likeness (QED) is 0.133. The molecule has 4 atom stereocenters. The molecule has 9 N–H and O–H groups in total. The van der Waals surface area contributed by atoms with E-state index < -0.39 is 53.8 Å². The molecule has 1 heterocycles. The molecule has 0 saturated carbocycles. The summed E-state index contributed by atoms with van der Waals surface area (Å²) in [6, 6.07) is 2.82. The van der Waals surface area contributed by atoms with Crippen LogP contribution in [0.25, 0.3) is 10.9 Å². The number of para-hydroxylation sites is 1. The van der Waals surface area contributed by atoms with Crippen molar-refractivity contribution in [3.05, 3.63) is 36.0 Å². The van der Waals surface area contributed by atoms with Gasteiger partial charge in [-0.15, -0.1) is 0 Å². The highest BCUT2D eigenvalue weighted by atomic mass is 32.1. The Morgan fingerprint density at radius 1 is 0.917 bits per heavy atom. The Morgan fingerprint density at radius 3 is 2.11 bits per heavy atom. The average Bonchev–Trinajstić information content (AvgIpc) is 3.25. The van der Waals surface area contributed by atoms with Crippen molar-refractivity contribution in [1.29, 1.82) is 0 Å². The van der Waals surface area contributed by atoms with Crippen LogP contribution >= 0.6 is 25.3 Å². The number of amides is 4. The summed E-state index contributed by atoms with van der Waals surface area (Å²) >= 11 is 7.99. The molecular formula is C22H30N6O6S2. The number of carbonyl (C=O) groups is 5. The smallest absolute Gasteiger partial charge is 0.327 e. The molecule has 12 nitrogen and oxygen atoms in total. The number of rotatable bonds is 14. The number of nitrogens with one attached hydrogen (secondary N) is 4. The highest BCUT2D eigenvalue weighted by Crippen LogP contribution is 2.18. The first-order chi connectivity index (χ1) is 17.1. The summed E-state index contributed by atoms with van der Waals surface area (Å²) in [7, 11) is 0. The molecule has 4 unspecified atom stereocenters. The highest BCUT2D eigenvalue weighted by Gasteiger charge is 2.30. The number of nitrogens with two attached hydrogens (primary N) is 2. The van der Waals surface area contributed by atoms with Crippen molar-refractivity contribution >= 4 is 65.8 Å². The minimum Gasteiger partial charge on any atom is -0.480 e. The molecule has 36 heavy (non-hydrogen) atoms. The van der Waals surface area contributed by atoms with Gasteiger partial charge in [0.15, 0.2) is 0 Å². The first-order valence-electron chi connectivity index (χ1n) is 11.0. The number of fused-ring (bicyclic) bond motifs is 1. The van der Waals surface area contributed by atoms with Crippen molar-refractivity contribution in [2.45, 2.75) is 43.4 Å². The molecule has 0 bridgehead atoms. The van der Waals surface area contributed by atoms with E-state index in [1.807, 2.05) is 24.3 Å². The maximum Gasteiger partial charge on any atom is 0.327 e. The second-order valence-electron chi connectivity index (χ2n) is 8.06. The van der Waals surface area contributed by atoms with E-state index in [1.165, 1.54) is 0 Å². The Bertz CT molecular complexity index is 1110. The fourth-order valence-corrected chi connectivity index (χ4v) is 3.89. The van der Waals surface area contributed by atoms with E-state index in [-0.39, 0.29) is 30.8 Å². The highest BCUT2D eigenvalue weighted by molar-refractivity contribution is 7.80. The van der Waals surface area contributed by atoms with Gasteiger partial charge >= 0.3 is 5.97 Å². The number of aromatic amines is 1. The molecule has 4 amide bonds. The van der Waals surface area contributed by atoms with Crippen molar-refractivity contribution in [3.8, 4) is 0 Å². The van der Waals surface area contributed by atoms with E-state index in [0.717, 1.165) is 16.5 Å². The summed E-state index contributed by atoms with van der Waals surface area (Å²) in [6.07, 6.45) is 1.54. The number of benzene rings is 1. The van der Waals surface area contributed by atoms with Gasteiger partial charge in [0, 0.05) is 35.0 Å². The maximum atomic E-state index is 12.8. The first kappa shape index (κ1) is 29.0. The first-order valence-corrected chi connectivity index (χ1v) is 12.3. The van der Waals surface area contributed by atoms with Crippen molar-refractivity contribution in [3.63, 3.8) is 0 Å². The van der Waals surface area contributed by atoms with E-state index in [1.54, 1.807) is 6.20 Å². The Hall–Kier alpha value is -3.23. The number of carboxylic acids is 1. The van der Waals surface area contributed by atoms with Gasteiger partial charge in [0.2, 0.25) is 23.6 Å². The lowest BCUT2D eigenvalue weighted by Crippen LogP contribution is -2.58. The number of aromatic nitrogens is 1. The van der Waals surface area contributed by atoms with Gasteiger partial charge in [-0.3, -0.25) is 19.2 Å². The van der Waals surface area contributed by atoms with Gasteiger partial charge in [-0.05, 0) is 24.5 Å². The molecule has 0 saturated heterocycles. The van der Waals surface area contributed by atoms with E-state index in [2.05, 4.69) is 46.2 Å². The normalized spacial score (nSPS) is 14.3. The van der Waals surface area contributed by atoms with Gasteiger partial charge in [-0.25, -0.2) is 4.79 Å². The monoisotopic (exact) mass is 538 g/mol. The molecule has 1 aromatic heterocycles. The van der Waals surface area contributed by atoms with Gasteiger partial charge in [-0.1, -0.05) is 18.2 Å². The van der Waals surface area contributed by atoms with Crippen LogP contribution in [0.1, 0.15) is 18.4 Å². The van der Waals surface area contributed by atoms with Crippen LogP contribution in [0.2, 0.25) is 0 Å². The predicted molar refractivity (Wildman–Crippen MR) is 140 cm³/mol. The van der Waals surface area contributed by atoms with Crippen LogP contribution in [0.15, 0.2) is 30.5 Å². The second-order valence-corrected chi connectivity index (χ2v) is 8.79. The zero-order chi connectivity index (χ0) is 26.8. The van der Waals surface area contributed by atoms with Gasteiger partial charge in [0.05, 0.1) is 6.04 Å². The number of primary amides is 1. The van der Waals surface area contributed by atoms with Crippen LogP contribution in [0.5, 0.6) is 0 Å². The number of thiol groups is 2. The molecule has 0 spiro atoms. The molecule has 0 radical (unpaired) electrons. The zero-order valence-corrected chi connectivity index (χ0v) is 21.1. The zero-order valence-electron chi connectivity index (χ0n) is 19.3. The number of H-pyrrole nitrogens is 1. The third kappa shape index (κ3) is 8.17. The largest absolute Gasteiger partial charge is 0.480 e. The van der Waals surface area contributed by atoms with Crippen LogP contribution < -0.4 is 27.4 Å². The molecule has 1 aromatic carbocycles. The molecule has 0 aliphatic rings. The van der Waals surface area contributed by atoms with E-state index >= 15 is 0 Å². The molecule has 14 heteroatoms. The summed E-state index contributed by atoms with van der Waals surface area (Å²) in [5.74, 6) is -4.55. The summed E-state index contributed by atoms with van der Waals surface area (Å²) in [5.41, 5.74) is 13.0. The summed E-state index contributed by atoms with van der Waals surface area (Å²) in [6.45, 7) is 0. The number of hydrogen-bond acceptors (Lipinski definition) is 8. The van der Waals surface area contributed by atoms with Crippen LogP contribution in [-0.2, 0) is 30.4 Å². The third-order valence-electron chi connectivity index (χ3n) is 5.38. The van der Waals surface area contributed by atoms with Crippen LogP contribution in [0, 0.1) is 0 Å². The lowest BCUT2D eigenvalue weighted by molar-refractivity contribution is -0.141. The van der Waals surface area contributed by atoms with Crippen molar-refractivity contribution in [1.82, 2.24) is 20.9 Å². The summed E-state index contributed by atoms with van der Waals surface area (Å²) in [4.78, 5) is 63.6. The maximum absolute atomic E-state index is 12.8. The minimum absolute atomic E-state index is 0.115. The number of carboxylic acid groups (broad SMARTS) is 1. The molecule has 0 aliphatic carbocycles. The number of hydrogen-bond donors (Lipinski definition) is 9. The van der Waals surface area contributed by atoms with Gasteiger partial charge in [0.1, 0.15) is 18.1 Å². The average molecular weight is 539 g/mol. The Morgan fingerprint density at radius 2 is 1.50 bits per heavy atom. The van der Waals surface area contributed by atoms with Gasteiger partial charge in [-0.2, -0.15) is 25.3 Å². The molecule has 2 aromatic rings. The lowest BCUT2D eigenvalue weighted by Gasteiger charge is -2.24. The lowest BCUT2D eigenvalue weighted by atomic mass is 10.0. The van der Waals surface area contributed by atoms with Crippen molar-refractivity contribution in [2.24, 2.45) is 11.5 Å². The third-order valence-corrected chi connectivity index (χ3v) is 6.11. The molecular weight excluding hydrogens is 508 g/mol. The van der Waals surface area contributed by atoms with Crippen molar-refractivity contribution in [2.75, 3.05) is 11.5 Å². The molecule has 0 fully saturated rings. The standard InChI is InChI=1S/C22H30N6O6S2/c23-13(7-11-8-25-14-4-2-1-3-12(11)14)19(30)27-16(9-35)21(32)26-15(5-6-18(24)29)20(31)28-17(10-36)22(33)34/h1-4,8,13,15-17,25,35-36H,5-7,9-10,23H2,(H2,24,29)(H,26,32)(H,27,30)(H,28,31)(H,33,34). The fraction of sp³-hybridized carbons (Fsp3) is 0.409. The Balaban J connectivity index is 2.04. The molecule has 196 valence electrons. The van der Waals surface area contributed by atoms with Crippen molar-refractivity contribution < 1.29 is 29.1 Å². The Labute approximate surface area is 218 Å². The minimum atomic E-state index is -1.32. The SMILES string of the molecule is NC(=O)CCC(NC(=O)C(CS)NC(=O)C(N)Cc1c[nH]c2ccccc12)C(=O)NC(CS)C(=O)O. The fourth-order valence-electron chi connectivity index (χ4n) is 3.39. The van der Waals surface area contributed by atoms with Gasteiger partial charge < -0.3 is 37.5 Å².